The number of ketones is 1. The molecule has 0 aromatic carbocycles. The van der Waals surface area contributed by atoms with Gasteiger partial charge in [-0.2, -0.15) is 11.3 Å². The minimum absolute atomic E-state index is 0.0194. The van der Waals surface area contributed by atoms with Gasteiger partial charge in [-0.3, -0.25) is 9.59 Å². The Morgan fingerprint density at radius 2 is 2.00 bits per heavy atom. The van der Waals surface area contributed by atoms with Crippen LogP contribution in [0.5, 0.6) is 0 Å². The van der Waals surface area contributed by atoms with Crippen LogP contribution in [0.2, 0.25) is 0 Å². The summed E-state index contributed by atoms with van der Waals surface area (Å²) < 4.78 is 10.1. The van der Waals surface area contributed by atoms with Crippen LogP contribution in [0.25, 0.3) is 10.6 Å². The summed E-state index contributed by atoms with van der Waals surface area (Å²) in [6, 6.07) is 1.97. The van der Waals surface area contributed by atoms with Gasteiger partial charge in [0.25, 0.3) is 0 Å². The van der Waals surface area contributed by atoms with E-state index in [0.717, 1.165) is 10.6 Å². The van der Waals surface area contributed by atoms with Gasteiger partial charge in [0.1, 0.15) is 5.01 Å². The second-order valence-corrected chi connectivity index (χ2v) is 8.08. The van der Waals surface area contributed by atoms with Crippen LogP contribution in [0, 0.1) is 13.8 Å². The number of nitrogens with zero attached hydrogens (tertiary/aromatic N) is 1. The number of rotatable bonds is 7. The van der Waals surface area contributed by atoms with Crippen LogP contribution in [-0.2, 0) is 20.7 Å². The molecule has 7 nitrogen and oxygen atoms in total. The van der Waals surface area contributed by atoms with Crippen LogP contribution in [0.4, 0.5) is 0 Å². The Balaban J connectivity index is 1.65. The molecule has 29 heavy (non-hydrogen) atoms. The molecule has 0 saturated heterocycles. The molecule has 0 amide bonds. The van der Waals surface area contributed by atoms with Crippen molar-refractivity contribution >= 4 is 40.4 Å². The van der Waals surface area contributed by atoms with E-state index < -0.39 is 23.8 Å². The van der Waals surface area contributed by atoms with Gasteiger partial charge < -0.3 is 14.5 Å². The van der Waals surface area contributed by atoms with Crippen molar-refractivity contribution in [2.45, 2.75) is 33.3 Å². The van der Waals surface area contributed by atoms with E-state index in [4.69, 9.17) is 9.47 Å². The lowest BCUT2D eigenvalue weighted by Gasteiger charge is -2.11. The molecule has 3 rings (SSSR count). The van der Waals surface area contributed by atoms with Gasteiger partial charge in [0.2, 0.25) is 5.78 Å². The second-order valence-electron chi connectivity index (χ2n) is 6.45. The highest BCUT2D eigenvalue weighted by Gasteiger charge is 2.27. The first kappa shape index (κ1) is 20.9. The van der Waals surface area contributed by atoms with E-state index in [1.165, 1.54) is 25.4 Å². The first-order valence-electron chi connectivity index (χ1n) is 8.80. The third-order valence-electron chi connectivity index (χ3n) is 4.40. The largest absolute Gasteiger partial charge is 0.465 e. The molecule has 0 bridgehead atoms. The number of H-pyrrole nitrogens is 1. The van der Waals surface area contributed by atoms with Gasteiger partial charge in [0.05, 0.1) is 30.5 Å². The third-order valence-corrected chi connectivity index (χ3v) is 6.02. The number of hydrogen-bond donors (Lipinski definition) is 1. The molecule has 0 spiro atoms. The Bertz CT molecular complexity index is 1050. The zero-order valence-corrected chi connectivity index (χ0v) is 18.0. The summed E-state index contributed by atoms with van der Waals surface area (Å²) in [5.74, 6) is -1.47. The standard InChI is InChI=1S/C20H20N2O5S2/c1-10-16(20(25)26-4)11(2)21-17(10)18(24)12(3)27-15(23)7-14-9-29-19(22-14)13-5-6-28-8-13/h5-6,8-9,12,21H,7H2,1-4H3. The van der Waals surface area contributed by atoms with E-state index in [-0.39, 0.29) is 12.1 Å². The maximum atomic E-state index is 12.7. The van der Waals surface area contributed by atoms with Gasteiger partial charge in [-0.05, 0) is 37.8 Å². The van der Waals surface area contributed by atoms with Crippen molar-refractivity contribution in [2.24, 2.45) is 0 Å². The number of hydrogen-bond acceptors (Lipinski definition) is 8. The van der Waals surface area contributed by atoms with Crippen LogP contribution < -0.4 is 0 Å². The fraction of sp³-hybridized carbons (Fsp3) is 0.300. The molecule has 9 heteroatoms. The molecule has 0 radical (unpaired) electrons. The van der Waals surface area contributed by atoms with Gasteiger partial charge in [0, 0.05) is 22.0 Å². The van der Waals surface area contributed by atoms with Gasteiger partial charge in [-0.25, -0.2) is 9.78 Å². The lowest BCUT2D eigenvalue weighted by molar-refractivity contribution is -0.145. The molecule has 3 aromatic heterocycles. The molecule has 1 N–H and O–H groups in total. The van der Waals surface area contributed by atoms with Crippen LogP contribution in [0.3, 0.4) is 0 Å². The Labute approximate surface area is 175 Å². The van der Waals surface area contributed by atoms with Gasteiger partial charge >= 0.3 is 11.9 Å². The maximum absolute atomic E-state index is 12.7. The number of aromatic amines is 1. The third kappa shape index (κ3) is 4.46. The molecular weight excluding hydrogens is 412 g/mol. The van der Waals surface area contributed by atoms with Crippen LogP contribution >= 0.6 is 22.7 Å². The highest BCUT2D eigenvalue weighted by molar-refractivity contribution is 7.14. The molecule has 0 saturated carbocycles. The normalized spacial score (nSPS) is 11.9. The summed E-state index contributed by atoms with van der Waals surface area (Å²) in [6.45, 7) is 4.84. The highest BCUT2D eigenvalue weighted by atomic mass is 32.1. The molecule has 3 aromatic rings. The van der Waals surface area contributed by atoms with Crippen LogP contribution in [-0.4, -0.2) is 40.9 Å². The van der Waals surface area contributed by atoms with Gasteiger partial charge in [-0.15, -0.1) is 11.3 Å². The summed E-state index contributed by atoms with van der Waals surface area (Å²) in [6.07, 6.45) is -1.02. The minimum Gasteiger partial charge on any atom is -0.465 e. The van der Waals surface area contributed by atoms with Crippen molar-refractivity contribution in [1.29, 1.82) is 0 Å². The number of methoxy groups -OCH3 is 1. The van der Waals surface area contributed by atoms with E-state index >= 15 is 0 Å². The van der Waals surface area contributed by atoms with Crippen LogP contribution in [0.1, 0.15) is 44.7 Å². The molecule has 1 unspecified atom stereocenters. The summed E-state index contributed by atoms with van der Waals surface area (Å²) in [7, 11) is 1.28. The van der Waals surface area contributed by atoms with Crippen molar-refractivity contribution in [3.8, 4) is 10.6 Å². The number of carbonyl (C=O) groups excluding carboxylic acids is 3. The summed E-state index contributed by atoms with van der Waals surface area (Å²) in [4.78, 5) is 44.2. The summed E-state index contributed by atoms with van der Waals surface area (Å²) in [5, 5.41) is 6.60. The number of esters is 2. The van der Waals surface area contributed by atoms with E-state index in [1.54, 1.807) is 25.2 Å². The SMILES string of the molecule is COC(=O)c1c(C)[nH]c(C(=O)C(C)OC(=O)Cc2csc(-c3ccsc3)n2)c1C. The molecule has 0 aliphatic carbocycles. The summed E-state index contributed by atoms with van der Waals surface area (Å²) >= 11 is 3.03. The number of aryl methyl sites for hydroxylation is 1. The van der Waals surface area contributed by atoms with Gasteiger partial charge in [0.15, 0.2) is 6.10 Å². The average molecular weight is 433 g/mol. The quantitative estimate of drug-likeness (QED) is 0.448. The monoisotopic (exact) mass is 432 g/mol. The number of aromatic nitrogens is 2. The van der Waals surface area contributed by atoms with E-state index in [9.17, 15) is 14.4 Å². The first-order chi connectivity index (χ1) is 13.8. The maximum Gasteiger partial charge on any atom is 0.339 e. The van der Waals surface area contributed by atoms with Crippen LogP contribution in [0.15, 0.2) is 22.2 Å². The van der Waals surface area contributed by atoms with Crippen molar-refractivity contribution in [3.05, 3.63) is 50.4 Å². The molecule has 1 atom stereocenters. The van der Waals surface area contributed by atoms with Crippen molar-refractivity contribution in [1.82, 2.24) is 9.97 Å². The fourth-order valence-electron chi connectivity index (χ4n) is 2.96. The molecular formula is C20H20N2O5S2. The molecule has 3 heterocycles. The first-order valence-corrected chi connectivity index (χ1v) is 10.6. The Morgan fingerprint density at radius 1 is 1.24 bits per heavy atom. The average Bonchev–Trinajstić information content (AvgIpc) is 3.41. The van der Waals surface area contributed by atoms with Gasteiger partial charge in [-0.1, -0.05) is 0 Å². The minimum atomic E-state index is -1.00. The summed E-state index contributed by atoms with van der Waals surface area (Å²) in [5.41, 5.74) is 3.17. The smallest absolute Gasteiger partial charge is 0.339 e. The Hall–Kier alpha value is -2.78. The molecule has 0 fully saturated rings. The molecule has 0 aliphatic heterocycles. The topological polar surface area (TPSA) is 98.4 Å². The number of carbonyl (C=O) groups is 3. The zero-order chi connectivity index (χ0) is 21.1. The van der Waals surface area contributed by atoms with Crippen molar-refractivity contribution in [2.75, 3.05) is 7.11 Å². The molecule has 152 valence electrons. The number of Topliss-reactive ketones (excluding diaryl/α,β-unsaturated/α-hetero) is 1. The molecule has 0 aliphatic rings. The number of thiophene rings is 1. The lowest BCUT2D eigenvalue weighted by atomic mass is 10.1. The number of thiazole rings is 1. The Kier molecular flexibility index (Phi) is 6.29. The van der Waals surface area contributed by atoms with Crippen molar-refractivity contribution < 1.29 is 23.9 Å². The predicted octanol–water partition coefficient (Wildman–Crippen LogP) is 3.96. The van der Waals surface area contributed by atoms with E-state index in [0.29, 0.717) is 22.5 Å². The lowest BCUT2D eigenvalue weighted by Crippen LogP contribution is -2.26. The Morgan fingerprint density at radius 3 is 2.66 bits per heavy atom. The predicted molar refractivity (Wildman–Crippen MR) is 111 cm³/mol. The van der Waals surface area contributed by atoms with Crippen molar-refractivity contribution in [3.63, 3.8) is 0 Å². The van der Waals surface area contributed by atoms with E-state index in [2.05, 4.69) is 9.97 Å². The number of nitrogens with one attached hydrogen (secondary N) is 1. The second kappa shape index (κ2) is 8.71. The van der Waals surface area contributed by atoms with E-state index in [1.807, 2.05) is 22.2 Å². The zero-order valence-electron chi connectivity index (χ0n) is 16.4. The highest BCUT2D eigenvalue weighted by Crippen LogP contribution is 2.26. The fourth-order valence-corrected chi connectivity index (χ4v) is 4.49. The number of ether oxygens (including phenoxy) is 2.